The lowest BCUT2D eigenvalue weighted by molar-refractivity contribution is 0.155. The highest BCUT2D eigenvalue weighted by atomic mass is 16.5. The molecule has 0 saturated carbocycles. The summed E-state index contributed by atoms with van der Waals surface area (Å²) < 4.78 is 10.6. The van der Waals surface area contributed by atoms with E-state index in [-0.39, 0.29) is 12.6 Å². The van der Waals surface area contributed by atoms with E-state index in [1.54, 1.807) is 24.1 Å². The van der Waals surface area contributed by atoms with Gasteiger partial charge in [-0.25, -0.2) is 9.59 Å². The van der Waals surface area contributed by atoms with Gasteiger partial charge in [-0.2, -0.15) is 0 Å². The molecule has 4 rings (SSSR count). The van der Waals surface area contributed by atoms with Gasteiger partial charge in [0.05, 0.1) is 7.11 Å². The molecule has 3 aromatic carbocycles. The van der Waals surface area contributed by atoms with Crippen LogP contribution in [0.2, 0.25) is 0 Å². The predicted molar refractivity (Wildman–Crippen MR) is 127 cm³/mol. The lowest BCUT2D eigenvalue weighted by atomic mass is 10.1. The Morgan fingerprint density at radius 3 is 2.55 bits per heavy atom. The number of methoxy groups -OCH3 is 1. The summed E-state index contributed by atoms with van der Waals surface area (Å²) in [5, 5.41) is 2.74. The smallest absolute Gasteiger partial charge is 0.411 e. The fraction of sp³-hybridized carbons (Fsp3) is 0.231. The molecule has 1 aliphatic rings. The minimum absolute atomic E-state index is 0.0622. The zero-order valence-electron chi connectivity index (χ0n) is 18.6. The van der Waals surface area contributed by atoms with Crippen molar-refractivity contribution in [3.63, 3.8) is 0 Å². The average molecular weight is 446 g/mol. The SMILES string of the molecule is COc1cccc(CN2CCCN(c3cccc(NC(=O)OCc4ccccc4)c3)C2=O)c1. The second-order valence-electron chi connectivity index (χ2n) is 7.80. The molecule has 1 heterocycles. The Bertz CT molecular complexity index is 1100. The van der Waals surface area contributed by atoms with Crippen LogP contribution in [0.5, 0.6) is 5.75 Å². The number of hydrogen-bond acceptors (Lipinski definition) is 4. The van der Waals surface area contributed by atoms with Crippen molar-refractivity contribution in [2.45, 2.75) is 19.6 Å². The highest BCUT2D eigenvalue weighted by Crippen LogP contribution is 2.25. The van der Waals surface area contributed by atoms with Crippen LogP contribution in [0.1, 0.15) is 17.5 Å². The molecule has 1 saturated heterocycles. The van der Waals surface area contributed by atoms with Crippen molar-refractivity contribution in [2.24, 2.45) is 0 Å². The molecule has 0 bridgehead atoms. The fourth-order valence-corrected chi connectivity index (χ4v) is 3.79. The summed E-state index contributed by atoms with van der Waals surface area (Å²) in [5.41, 5.74) is 3.23. The quantitative estimate of drug-likeness (QED) is 0.537. The third-order valence-electron chi connectivity index (χ3n) is 5.44. The van der Waals surface area contributed by atoms with Crippen molar-refractivity contribution >= 4 is 23.5 Å². The van der Waals surface area contributed by atoms with Gasteiger partial charge in [-0.15, -0.1) is 0 Å². The maximum absolute atomic E-state index is 13.2. The number of rotatable bonds is 7. The molecule has 1 aliphatic heterocycles. The van der Waals surface area contributed by atoms with E-state index in [4.69, 9.17) is 9.47 Å². The number of carbonyl (C=O) groups is 2. The zero-order chi connectivity index (χ0) is 23.0. The van der Waals surface area contributed by atoms with Crippen LogP contribution in [0.4, 0.5) is 21.0 Å². The number of hydrogen-bond donors (Lipinski definition) is 1. The summed E-state index contributed by atoms with van der Waals surface area (Å²) in [4.78, 5) is 29.0. The van der Waals surface area contributed by atoms with E-state index in [0.717, 1.165) is 29.0 Å². The molecule has 7 nitrogen and oxygen atoms in total. The first-order chi connectivity index (χ1) is 16.1. The average Bonchev–Trinajstić information content (AvgIpc) is 2.85. The van der Waals surface area contributed by atoms with E-state index in [9.17, 15) is 9.59 Å². The summed E-state index contributed by atoms with van der Waals surface area (Å²) in [6.45, 7) is 2.01. The standard InChI is InChI=1S/C26H27N3O4/c1-32-24-13-5-10-21(16-24)18-28-14-7-15-29(26(28)31)23-12-6-11-22(17-23)27-25(30)33-19-20-8-3-2-4-9-20/h2-6,8-13,16-17H,7,14-15,18-19H2,1H3,(H,27,30). The second kappa shape index (κ2) is 10.5. The van der Waals surface area contributed by atoms with Crippen molar-refractivity contribution in [2.75, 3.05) is 30.4 Å². The molecule has 3 amide bonds. The summed E-state index contributed by atoms with van der Waals surface area (Å²) in [5.74, 6) is 0.770. The van der Waals surface area contributed by atoms with E-state index >= 15 is 0 Å². The second-order valence-corrected chi connectivity index (χ2v) is 7.80. The molecule has 0 atom stereocenters. The van der Waals surface area contributed by atoms with Crippen molar-refractivity contribution in [1.82, 2.24) is 4.90 Å². The number of nitrogens with zero attached hydrogens (tertiary/aromatic N) is 2. The van der Waals surface area contributed by atoms with Gasteiger partial charge in [-0.05, 0) is 47.9 Å². The van der Waals surface area contributed by atoms with Crippen LogP contribution in [0.25, 0.3) is 0 Å². The van der Waals surface area contributed by atoms with Crippen molar-refractivity contribution in [3.8, 4) is 5.75 Å². The van der Waals surface area contributed by atoms with Gasteiger partial charge in [-0.1, -0.05) is 48.5 Å². The molecular formula is C26H27N3O4. The van der Waals surface area contributed by atoms with Gasteiger partial charge in [0.1, 0.15) is 12.4 Å². The Labute approximate surface area is 193 Å². The molecule has 0 spiro atoms. The molecule has 7 heteroatoms. The van der Waals surface area contributed by atoms with E-state index in [0.29, 0.717) is 25.3 Å². The van der Waals surface area contributed by atoms with Gasteiger partial charge in [0, 0.05) is 31.0 Å². The molecule has 0 unspecified atom stereocenters. The van der Waals surface area contributed by atoms with Crippen LogP contribution < -0.4 is 15.0 Å². The molecule has 0 aliphatic carbocycles. The van der Waals surface area contributed by atoms with Crippen LogP contribution in [-0.4, -0.2) is 37.2 Å². The number of ether oxygens (including phenoxy) is 2. The number of carbonyl (C=O) groups excluding carboxylic acids is 2. The largest absolute Gasteiger partial charge is 0.497 e. The maximum atomic E-state index is 13.2. The lowest BCUT2D eigenvalue weighted by Gasteiger charge is -2.36. The number of urea groups is 1. The van der Waals surface area contributed by atoms with Crippen molar-refractivity contribution in [1.29, 1.82) is 0 Å². The van der Waals surface area contributed by atoms with Crippen LogP contribution >= 0.6 is 0 Å². The molecule has 0 radical (unpaired) electrons. The maximum Gasteiger partial charge on any atom is 0.411 e. The first-order valence-electron chi connectivity index (χ1n) is 10.9. The predicted octanol–water partition coefficient (Wildman–Crippen LogP) is 5.28. The van der Waals surface area contributed by atoms with Crippen LogP contribution in [-0.2, 0) is 17.9 Å². The van der Waals surface area contributed by atoms with Gasteiger partial charge in [0.25, 0.3) is 0 Å². The minimum Gasteiger partial charge on any atom is -0.497 e. The molecular weight excluding hydrogens is 418 g/mol. The number of nitrogens with one attached hydrogen (secondary N) is 1. The zero-order valence-corrected chi connectivity index (χ0v) is 18.6. The Hall–Kier alpha value is -4.00. The number of anilines is 2. The minimum atomic E-state index is -0.541. The van der Waals surface area contributed by atoms with Crippen molar-refractivity contribution in [3.05, 3.63) is 90.0 Å². The molecule has 1 N–H and O–H groups in total. The fourth-order valence-electron chi connectivity index (χ4n) is 3.79. The monoisotopic (exact) mass is 445 g/mol. The Morgan fingerprint density at radius 1 is 0.939 bits per heavy atom. The summed E-state index contributed by atoms with van der Waals surface area (Å²) in [6, 6.07) is 24.4. The Kier molecular flexibility index (Phi) is 7.09. The molecule has 170 valence electrons. The van der Waals surface area contributed by atoms with Gasteiger partial charge in [0.15, 0.2) is 0 Å². The molecule has 3 aromatic rings. The summed E-state index contributed by atoms with van der Waals surface area (Å²) in [7, 11) is 1.63. The van der Waals surface area contributed by atoms with E-state index in [1.807, 2.05) is 71.6 Å². The first-order valence-corrected chi connectivity index (χ1v) is 10.9. The van der Waals surface area contributed by atoms with E-state index < -0.39 is 6.09 Å². The van der Waals surface area contributed by atoms with Gasteiger partial charge in [0.2, 0.25) is 0 Å². The van der Waals surface area contributed by atoms with E-state index in [1.165, 1.54) is 0 Å². The third kappa shape index (κ3) is 5.83. The first kappa shape index (κ1) is 22.2. The Morgan fingerprint density at radius 2 is 1.73 bits per heavy atom. The molecule has 33 heavy (non-hydrogen) atoms. The van der Waals surface area contributed by atoms with Gasteiger partial charge >= 0.3 is 12.1 Å². The highest BCUT2D eigenvalue weighted by molar-refractivity contribution is 5.94. The Balaban J connectivity index is 1.39. The van der Waals surface area contributed by atoms with Crippen LogP contribution in [0, 0.1) is 0 Å². The lowest BCUT2D eigenvalue weighted by Crippen LogP contribution is -2.49. The molecule has 0 aromatic heterocycles. The number of benzene rings is 3. The van der Waals surface area contributed by atoms with Crippen molar-refractivity contribution < 1.29 is 19.1 Å². The van der Waals surface area contributed by atoms with E-state index in [2.05, 4.69) is 5.32 Å². The summed E-state index contributed by atoms with van der Waals surface area (Å²) >= 11 is 0. The normalized spacial score (nSPS) is 13.5. The summed E-state index contributed by atoms with van der Waals surface area (Å²) in [6.07, 6.45) is 0.313. The van der Waals surface area contributed by atoms with Crippen LogP contribution in [0.15, 0.2) is 78.9 Å². The van der Waals surface area contributed by atoms with Crippen LogP contribution in [0.3, 0.4) is 0 Å². The molecule has 1 fully saturated rings. The third-order valence-corrected chi connectivity index (χ3v) is 5.44. The van der Waals surface area contributed by atoms with Gasteiger partial charge < -0.3 is 14.4 Å². The van der Waals surface area contributed by atoms with Gasteiger partial charge in [-0.3, -0.25) is 10.2 Å². The highest BCUT2D eigenvalue weighted by Gasteiger charge is 2.27. The number of amides is 3. The topological polar surface area (TPSA) is 71.1 Å².